The maximum Gasteiger partial charge on any atom is 0.0818 e. The Balaban J connectivity index is 1.24. The van der Waals surface area contributed by atoms with E-state index in [9.17, 15) is 0 Å². The first kappa shape index (κ1) is 25.1. The average Bonchev–Trinajstić information content (AvgIpc) is 3.54. The lowest BCUT2D eigenvalue weighted by Gasteiger charge is -2.20. The fourth-order valence-electron chi connectivity index (χ4n) is 4.94. The maximum atomic E-state index is 4.61. The van der Waals surface area contributed by atoms with Crippen LogP contribution in [0.2, 0.25) is 0 Å². The van der Waals surface area contributed by atoms with E-state index in [0.717, 1.165) is 42.8 Å². The summed E-state index contributed by atoms with van der Waals surface area (Å²) in [5.74, 6) is 0.447. The molecule has 2 aromatic heterocycles. The second kappa shape index (κ2) is 11.2. The third-order valence-electron chi connectivity index (χ3n) is 7.02. The molecule has 1 atom stereocenters. The molecule has 5 heteroatoms. The van der Waals surface area contributed by atoms with Gasteiger partial charge in [-0.25, -0.2) is 0 Å². The lowest BCUT2D eigenvalue weighted by atomic mass is 9.99. The summed E-state index contributed by atoms with van der Waals surface area (Å²) >= 11 is 1.81. The van der Waals surface area contributed by atoms with Crippen LogP contribution in [0.15, 0.2) is 85.3 Å². The number of pyridine rings is 1. The van der Waals surface area contributed by atoms with Crippen molar-refractivity contribution >= 4 is 39.0 Å². The van der Waals surface area contributed by atoms with Crippen molar-refractivity contribution in [2.45, 2.75) is 39.7 Å². The van der Waals surface area contributed by atoms with Crippen LogP contribution in [0.25, 0.3) is 16.3 Å². The highest BCUT2D eigenvalue weighted by atomic mass is 32.1. The van der Waals surface area contributed by atoms with Gasteiger partial charge < -0.3 is 15.5 Å². The molecule has 0 saturated carbocycles. The topological polar surface area (TPSA) is 40.2 Å². The summed E-state index contributed by atoms with van der Waals surface area (Å²) in [6, 6.07) is 22.1. The SMILES string of the molecule is C=C(Nc1ccc(Cc2ccnc3cc(/C=C/NC(C)C)sc23)c(C)c1)C1CCN(c2ccccc2)C1. The zero-order valence-corrected chi connectivity index (χ0v) is 22.8. The van der Waals surface area contributed by atoms with Gasteiger partial charge in [0, 0.05) is 53.2 Å². The Kier molecular flexibility index (Phi) is 7.61. The zero-order chi connectivity index (χ0) is 25.8. The van der Waals surface area contributed by atoms with Gasteiger partial charge in [-0.1, -0.05) is 30.8 Å². The highest BCUT2D eigenvalue weighted by molar-refractivity contribution is 7.20. The Morgan fingerprint density at radius 2 is 1.97 bits per heavy atom. The molecule has 0 spiro atoms. The molecule has 3 heterocycles. The lowest BCUT2D eigenvalue weighted by Crippen LogP contribution is -2.21. The van der Waals surface area contributed by atoms with Crippen molar-refractivity contribution < 1.29 is 0 Å². The van der Waals surface area contributed by atoms with E-state index >= 15 is 0 Å². The van der Waals surface area contributed by atoms with Crippen LogP contribution in [0.5, 0.6) is 0 Å². The number of hydrogen-bond acceptors (Lipinski definition) is 5. The Bertz CT molecular complexity index is 1400. The highest BCUT2D eigenvalue weighted by Gasteiger charge is 2.25. The molecular weight excluding hydrogens is 472 g/mol. The van der Waals surface area contributed by atoms with Crippen molar-refractivity contribution in [2.75, 3.05) is 23.3 Å². The number of aromatic nitrogens is 1. The second-order valence-corrected chi connectivity index (χ2v) is 11.3. The summed E-state index contributed by atoms with van der Waals surface area (Å²) < 4.78 is 1.27. The van der Waals surface area contributed by atoms with Gasteiger partial charge in [-0.2, -0.15) is 0 Å². The number of aryl methyl sites for hydroxylation is 1. The van der Waals surface area contributed by atoms with Gasteiger partial charge in [0.15, 0.2) is 0 Å². The van der Waals surface area contributed by atoms with E-state index in [4.69, 9.17) is 0 Å². The summed E-state index contributed by atoms with van der Waals surface area (Å²) in [6.45, 7) is 13.0. The Morgan fingerprint density at radius 1 is 1.14 bits per heavy atom. The van der Waals surface area contributed by atoms with E-state index in [-0.39, 0.29) is 0 Å². The number of nitrogens with one attached hydrogen (secondary N) is 2. The second-order valence-electron chi connectivity index (χ2n) is 10.2. The van der Waals surface area contributed by atoms with Crippen molar-refractivity contribution in [3.8, 4) is 0 Å². The van der Waals surface area contributed by atoms with Gasteiger partial charge in [-0.3, -0.25) is 4.98 Å². The van der Waals surface area contributed by atoms with Gasteiger partial charge in [0.1, 0.15) is 0 Å². The minimum absolute atomic E-state index is 0.430. The van der Waals surface area contributed by atoms with Crippen LogP contribution in [0.3, 0.4) is 0 Å². The summed E-state index contributed by atoms with van der Waals surface area (Å²) in [5.41, 5.74) is 8.54. The molecule has 0 bridgehead atoms. The van der Waals surface area contributed by atoms with Crippen LogP contribution in [0, 0.1) is 12.8 Å². The van der Waals surface area contributed by atoms with Crippen LogP contribution in [0.1, 0.15) is 41.8 Å². The van der Waals surface area contributed by atoms with Gasteiger partial charge in [0.2, 0.25) is 0 Å². The van der Waals surface area contributed by atoms with Crippen molar-refractivity contribution in [1.82, 2.24) is 10.3 Å². The van der Waals surface area contributed by atoms with E-state index in [1.54, 1.807) is 0 Å². The molecule has 1 aliphatic rings. The summed E-state index contributed by atoms with van der Waals surface area (Å²) in [4.78, 5) is 8.28. The largest absolute Gasteiger partial charge is 0.389 e. The number of fused-ring (bicyclic) bond motifs is 1. The third kappa shape index (κ3) is 6.05. The molecule has 4 aromatic rings. The van der Waals surface area contributed by atoms with Crippen molar-refractivity contribution in [1.29, 1.82) is 0 Å². The maximum absolute atomic E-state index is 4.61. The molecule has 37 heavy (non-hydrogen) atoms. The van der Waals surface area contributed by atoms with E-state index in [1.807, 2.05) is 23.7 Å². The number of nitrogens with zero attached hydrogens (tertiary/aromatic N) is 2. The molecule has 0 amide bonds. The zero-order valence-electron chi connectivity index (χ0n) is 22.0. The molecular formula is C32H36N4S. The number of para-hydroxylation sites is 1. The molecule has 0 aliphatic carbocycles. The molecule has 190 valence electrons. The van der Waals surface area contributed by atoms with E-state index in [0.29, 0.717) is 12.0 Å². The van der Waals surface area contributed by atoms with Gasteiger partial charge >= 0.3 is 0 Å². The predicted molar refractivity (Wildman–Crippen MR) is 160 cm³/mol. The third-order valence-corrected chi connectivity index (χ3v) is 8.19. The van der Waals surface area contributed by atoms with E-state index in [1.165, 1.54) is 32.0 Å². The van der Waals surface area contributed by atoms with Gasteiger partial charge in [0.25, 0.3) is 0 Å². The number of hydrogen-bond donors (Lipinski definition) is 2. The smallest absolute Gasteiger partial charge is 0.0818 e. The lowest BCUT2D eigenvalue weighted by molar-refractivity contribution is 0.697. The fourth-order valence-corrected chi connectivity index (χ4v) is 5.97. The van der Waals surface area contributed by atoms with Crippen LogP contribution in [0.4, 0.5) is 11.4 Å². The first-order chi connectivity index (χ1) is 18.0. The molecule has 2 aromatic carbocycles. The first-order valence-electron chi connectivity index (χ1n) is 13.1. The van der Waals surface area contributed by atoms with Crippen molar-refractivity contribution in [3.05, 3.63) is 107 Å². The Morgan fingerprint density at radius 3 is 2.76 bits per heavy atom. The highest BCUT2D eigenvalue weighted by Crippen LogP contribution is 2.32. The summed E-state index contributed by atoms with van der Waals surface area (Å²) in [5, 5.41) is 6.94. The number of benzene rings is 2. The quantitative estimate of drug-likeness (QED) is 0.244. The Hall–Kier alpha value is -3.57. The van der Waals surface area contributed by atoms with Gasteiger partial charge in [-0.15, -0.1) is 11.3 Å². The normalized spacial score (nSPS) is 15.7. The monoisotopic (exact) mass is 508 g/mol. The molecule has 2 N–H and O–H groups in total. The van der Waals surface area contributed by atoms with Crippen molar-refractivity contribution in [2.24, 2.45) is 5.92 Å². The van der Waals surface area contributed by atoms with E-state index in [2.05, 4.69) is 115 Å². The average molecular weight is 509 g/mol. The molecule has 1 saturated heterocycles. The Labute approximate surface area is 224 Å². The van der Waals surface area contributed by atoms with Crippen LogP contribution < -0.4 is 15.5 Å². The number of anilines is 2. The number of thiophene rings is 1. The molecule has 4 nitrogen and oxygen atoms in total. The van der Waals surface area contributed by atoms with Crippen LogP contribution >= 0.6 is 11.3 Å². The number of rotatable bonds is 9. The molecule has 1 fully saturated rings. The first-order valence-corrected chi connectivity index (χ1v) is 13.9. The predicted octanol–water partition coefficient (Wildman–Crippen LogP) is 7.62. The van der Waals surface area contributed by atoms with Crippen LogP contribution in [-0.4, -0.2) is 24.1 Å². The summed E-state index contributed by atoms with van der Waals surface area (Å²) in [6.07, 6.45) is 8.12. The minimum atomic E-state index is 0.430. The van der Waals surface area contributed by atoms with Crippen LogP contribution in [-0.2, 0) is 6.42 Å². The van der Waals surface area contributed by atoms with Crippen molar-refractivity contribution in [3.63, 3.8) is 0 Å². The van der Waals surface area contributed by atoms with Gasteiger partial charge in [0.05, 0.1) is 10.2 Å². The molecule has 1 aliphatic heterocycles. The van der Waals surface area contributed by atoms with Gasteiger partial charge in [-0.05, 0) is 99.0 Å². The standard InChI is InChI=1S/C32H36N4S/c1-22(2)33-16-13-30-20-31-32(37-30)26(12-15-34-31)19-25-10-11-28(18-23(25)3)35-24(4)27-14-17-36(21-27)29-8-6-5-7-9-29/h5-13,15-16,18,20,22,27,33,35H,4,14,17,19,21H2,1-3H3/b16-13+. The van der Waals surface area contributed by atoms with E-state index < -0.39 is 0 Å². The fraction of sp³-hybridized carbons (Fsp3) is 0.281. The molecule has 0 radical (unpaired) electrons. The minimum Gasteiger partial charge on any atom is -0.389 e. The molecule has 5 rings (SSSR count). The summed E-state index contributed by atoms with van der Waals surface area (Å²) in [7, 11) is 0. The molecule has 1 unspecified atom stereocenters.